The summed E-state index contributed by atoms with van der Waals surface area (Å²) < 4.78 is 6.44. The first-order chi connectivity index (χ1) is 7.40. The molecular weight excluding hydrogens is 238 g/mol. The molecule has 0 aliphatic heterocycles. The van der Waals surface area contributed by atoms with E-state index in [1.165, 1.54) is 0 Å². The van der Waals surface area contributed by atoms with Crippen molar-refractivity contribution in [1.82, 2.24) is 4.90 Å². The molecule has 0 aliphatic rings. The van der Waals surface area contributed by atoms with E-state index >= 15 is 0 Å². The van der Waals surface area contributed by atoms with Crippen molar-refractivity contribution in [3.05, 3.63) is 12.3 Å². The van der Waals surface area contributed by atoms with Crippen LogP contribution in [0.25, 0.3) is 0 Å². The van der Waals surface area contributed by atoms with Crippen LogP contribution < -0.4 is 0 Å². The van der Waals surface area contributed by atoms with Gasteiger partial charge in [0.2, 0.25) is 0 Å². The van der Waals surface area contributed by atoms with Crippen LogP contribution in [0.4, 0.5) is 0 Å². The zero-order chi connectivity index (χ0) is 12.6. The van der Waals surface area contributed by atoms with Crippen molar-refractivity contribution in [3.63, 3.8) is 0 Å². The highest BCUT2D eigenvalue weighted by molar-refractivity contribution is 8.23. The molecule has 0 saturated heterocycles. The number of nitrogens with zero attached hydrogens (tertiary/aromatic N) is 1. The van der Waals surface area contributed by atoms with Gasteiger partial charge in [-0.2, -0.15) is 0 Å². The minimum Gasteiger partial charge on any atom is -0.496 e. The third-order valence-corrected chi connectivity index (χ3v) is 3.32. The molecule has 0 rings (SSSR count). The summed E-state index contributed by atoms with van der Waals surface area (Å²) in [6.45, 7) is 12.3. The Labute approximate surface area is 109 Å². The molecule has 0 aromatic carbocycles. The van der Waals surface area contributed by atoms with E-state index in [-0.39, 0.29) is 5.60 Å². The lowest BCUT2D eigenvalue weighted by molar-refractivity contribution is 0.0765. The molecule has 0 fully saturated rings. The van der Waals surface area contributed by atoms with Gasteiger partial charge in [-0.15, -0.1) is 0 Å². The Morgan fingerprint density at radius 3 is 2.31 bits per heavy atom. The second-order valence-corrected chi connectivity index (χ2v) is 6.01. The van der Waals surface area contributed by atoms with Crippen LogP contribution in [0.1, 0.15) is 34.6 Å². The summed E-state index contributed by atoms with van der Waals surface area (Å²) >= 11 is 6.99. The number of thioether (sulfide) groups is 1. The van der Waals surface area contributed by atoms with Crippen LogP contribution in [0.3, 0.4) is 0 Å². The van der Waals surface area contributed by atoms with Gasteiger partial charge < -0.3 is 9.64 Å². The number of hydrogen-bond donors (Lipinski definition) is 0. The molecule has 0 heterocycles. The highest BCUT2D eigenvalue weighted by atomic mass is 32.2. The lowest BCUT2D eigenvalue weighted by Gasteiger charge is -2.20. The van der Waals surface area contributed by atoms with Gasteiger partial charge in [-0.25, -0.2) is 0 Å². The largest absolute Gasteiger partial charge is 0.496 e. The second-order valence-electron chi connectivity index (χ2n) is 4.35. The van der Waals surface area contributed by atoms with Gasteiger partial charge in [0, 0.05) is 18.8 Å². The predicted octanol–water partition coefficient (Wildman–Crippen LogP) is 3.68. The average Bonchev–Trinajstić information content (AvgIpc) is 2.17. The quantitative estimate of drug-likeness (QED) is 0.552. The van der Waals surface area contributed by atoms with Crippen molar-refractivity contribution in [3.8, 4) is 0 Å². The SMILES string of the molecule is CCN(CC)C(=S)SC/C=C/OC(C)(C)C. The van der Waals surface area contributed by atoms with Crippen molar-refractivity contribution in [2.24, 2.45) is 0 Å². The fourth-order valence-electron chi connectivity index (χ4n) is 0.984. The smallest absolute Gasteiger partial charge is 0.136 e. The Kier molecular flexibility index (Phi) is 7.85. The molecule has 0 aliphatic carbocycles. The first-order valence-electron chi connectivity index (χ1n) is 5.65. The third kappa shape index (κ3) is 7.99. The maximum Gasteiger partial charge on any atom is 0.136 e. The van der Waals surface area contributed by atoms with E-state index in [2.05, 4.69) is 18.7 Å². The average molecular weight is 261 g/mol. The number of ether oxygens (including phenoxy) is 1. The maximum absolute atomic E-state index is 5.47. The van der Waals surface area contributed by atoms with E-state index in [0.717, 1.165) is 23.2 Å². The van der Waals surface area contributed by atoms with Crippen LogP contribution >= 0.6 is 24.0 Å². The zero-order valence-corrected chi connectivity index (χ0v) is 12.6. The van der Waals surface area contributed by atoms with Gasteiger partial charge in [-0.3, -0.25) is 0 Å². The second kappa shape index (κ2) is 7.96. The zero-order valence-electron chi connectivity index (χ0n) is 10.9. The minimum atomic E-state index is -0.111. The highest BCUT2D eigenvalue weighted by Gasteiger charge is 2.07. The molecule has 2 nitrogen and oxygen atoms in total. The van der Waals surface area contributed by atoms with Gasteiger partial charge in [0.1, 0.15) is 4.32 Å². The Morgan fingerprint density at radius 2 is 1.88 bits per heavy atom. The molecule has 0 atom stereocenters. The summed E-state index contributed by atoms with van der Waals surface area (Å²) in [6.07, 6.45) is 3.77. The molecule has 0 N–H and O–H groups in total. The van der Waals surface area contributed by atoms with Gasteiger partial charge in [-0.05, 0) is 40.7 Å². The van der Waals surface area contributed by atoms with Crippen molar-refractivity contribution in [1.29, 1.82) is 0 Å². The van der Waals surface area contributed by atoms with E-state index in [9.17, 15) is 0 Å². The van der Waals surface area contributed by atoms with Gasteiger partial charge in [0.15, 0.2) is 0 Å². The monoisotopic (exact) mass is 261 g/mol. The molecule has 0 saturated carbocycles. The standard InChI is InChI=1S/C12H23NOS2/c1-6-13(7-2)11(15)16-10-8-9-14-12(3,4)5/h8-9H,6-7,10H2,1-5H3/b9-8+. The van der Waals surface area contributed by atoms with Crippen molar-refractivity contribution in [2.75, 3.05) is 18.8 Å². The van der Waals surface area contributed by atoms with E-state index in [4.69, 9.17) is 17.0 Å². The molecule has 0 radical (unpaired) electrons. The molecular formula is C12H23NOS2. The summed E-state index contributed by atoms with van der Waals surface area (Å²) in [7, 11) is 0. The van der Waals surface area contributed by atoms with Gasteiger partial charge in [-0.1, -0.05) is 24.0 Å². The number of hydrogen-bond acceptors (Lipinski definition) is 3. The summed E-state index contributed by atoms with van der Waals surface area (Å²) in [5.41, 5.74) is -0.111. The Bertz CT molecular complexity index is 230. The normalized spacial score (nSPS) is 11.8. The van der Waals surface area contributed by atoms with E-state index < -0.39 is 0 Å². The molecule has 4 heteroatoms. The molecule has 0 amide bonds. The molecule has 94 valence electrons. The Hall–Kier alpha value is -0.220. The maximum atomic E-state index is 5.47. The van der Waals surface area contributed by atoms with Crippen LogP contribution in [-0.2, 0) is 4.74 Å². The predicted molar refractivity (Wildman–Crippen MR) is 78.0 cm³/mol. The van der Waals surface area contributed by atoms with Crippen molar-refractivity contribution < 1.29 is 4.74 Å². The summed E-state index contributed by atoms with van der Waals surface area (Å²) in [5.74, 6) is 0.866. The minimum absolute atomic E-state index is 0.111. The van der Waals surface area contributed by atoms with Crippen LogP contribution in [-0.4, -0.2) is 33.7 Å². The van der Waals surface area contributed by atoms with Crippen LogP contribution in [0.5, 0.6) is 0 Å². The number of thiocarbonyl (C=S) groups is 1. The van der Waals surface area contributed by atoms with Gasteiger partial charge in [0.25, 0.3) is 0 Å². The fraction of sp³-hybridized carbons (Fsp3) is 0.750. The Balaban J connectivity index is 3.77. The lowest BCUT2D eigenvalue weighted by Crippen LogP contribution is -2.26. The first-order valence-corrected chi connectivity index (χ1v) is 7.04. The lowest BCUT2D eigenvalue weighted by atomic mass is 10.2. The molecule has 0 aromatic heterocycles. The summed E-state index contributed by atoms with van der Waals surface area (Å²) in [4.78, 5) is 2.18. The molecule has 0 aromatic rings. The Morgan fingerprint density at radius 1 is 1.31 bits per heavy atom. The third-order valence-electron chi connectivity index (χ3n) is 1.84. The van der Waals surface area contributed by atoms with Crippen LogP contribution in [0.2, 0.25) is 0 Å². The molecule has 16 heavy (non-hydrogen) atoms. The van der Waals surface area contributed by atoms with Crippen LogP contribution in [0.15, 0.2) is 12.3 Å². The summed E-state index contributed by atoms with van der Waals surface area (Å²) in [5, 5.41) is 0. The molecule has 0 unspecified atom stereocenters. The first kappa shape index (κ1) is 15.8. The van der Waals surface area contributed by atoms with E-state index in [1.807, 2.05) is 26.8 Å². The summed E-state index contributed by atoms with van der Waals surface area (Å²) in [6, 6.07) is 0. The fourth-order valence-corrected chi connectivity index (χ4v) is 2.20. The van der Waals surface area contributed by atoms with E-state index in [1.54, 1.807) is 18.0 Å². The number of rotatable bonds is 5. The topological polar surface area (TPSA) is 12.5 Å². The molecule has 0 bridgehead atoms. The highest BCUT2D eigenvalue weighted by Crippen LogP contribution is 2.11. The van der Waals surface area contributed by atoms with Crippen molar-refractivity contribution >= 4 is 28.3 Å². The van der Waals surface area contributed by atoms with Crippen molar-refractivity contribution in [2.45, 2.75) is 40.2 Å². The van der Waals surface area contributed by atoms with Gasteiger partial charge >= 0.3 is 0 Å². The van der Waals surface area contributed by atoms with E-state index in [0.29, 0.717) is 0 Å². The molecule has 0 spiro atoms. The van der Waals surface area contributed by atoms with Crippen LogP contribution in [0, 0.1) is 0 Å². The van der Waals surface area contributed by atoms with Gasteiger partial charge in [0.05, 0.1) is 11.9 Å².